The van der Waals surface area contributed by atoms with Gasteiger partial charge in [-0.05, 0) is 54.7 Å². The van der Waals surface area contributed by atoms with Crippen LogP contribution in [0.15, 0.2) is 42.5 Å². The summed E-state index contributed by atoms with van der Waals surface area (Å²) >= 11 is 0. The number of aliphatic carboxylic acids is 1. The molecule has 1 aliphatic rings. The molecule has 136 valence electrons. The molecule has 0 unspecified atom stereocenters. The van der Waals surface area contributed by atoms with Crippen LogP contribution < -0.4 is 5.32 Å². The number of halogens is 3. The van der Waals surface area contributed by atoms with Gasteiger partial charge in [-0.1, -0.05) is 18.2 Å². The molecule has 0 amide bonds. The number of hydrogen-bond acceptors (Lipinski definition) is 3. The van der Waals surface area contributed by atoms with Crippen LogP contribution in [0.4, 0.5) is 24.5 Å². The average molecular weight is 362 g/mol. The summed E-state index contributed by atoms with van der Waals surface area (Å²) in [5, 5.41) is 11.7. The maximum atomic E-state index is 13.2. The second kappa shape index (κ2) is 7.19. The Hall–Kier alpha value is -2.83. The van der Waals surface area contributed by atoms with E-state index in [9.17, 15) is 18.0 Å². The van der Waals surface area contributed by atoms with Crippen LogP contribution in [0.2, 0.25) is 0 Å². The van der Waals surface area contributed by atoms with Gasteiger partial charge in [0.1, 0.15) is 5.69 Å². The predicted octanol–water partition coefficient (Wildman–Crippen LogP) is 5.04. The van der Waals surface area contributed by atoms with Gasteiger partial charge in [-0.25, -0.2) is 4.98 Å². The lowest BCUT2D eigenvalue weighted by Crippen LogP contribution is -2.10. The van der Waals surface area contributed by atoms with Gasteiger partial charge < -0.3 is 10.4 Å². The maximum absolute atomic E-state index is 13.2. The zero-order valence-corrected chi connectivity index (χ0v) is 13.8. The largest absolute Gasteiger partial charge is 0.481 e. The number of aromatic nitrogens is 1. The fourth-order valence-corrected chi connectivity index (χ4v) is 2.86. The number of rotatable bonds is 5. The van der Waals surface area contributed by atoms with E-state index in [0.29, 0.717) is 22.6 Å². The first-order valence-electron chi connectivity index (χ1n) is 8.18. The number of carboxylic acid groups (broad SMARTS) is 1. The fourth-order valence-electron chi connectivity index (χ4n) is 2.86. The maximum Gasteiger partial charge on any atom is 0.433 e. The van der Waals surface area contributed by atoms with Crippen molar-refractivity contribution in [1.82, 2.24) is 4.98 Å². The van der Waals surface area contributed by atoms with Crippen LogP contribution in [0.5, 0.6) is 0 Å². The first-order valence-corrected chi connectivity index (χ1v) is 8.18. The van der Waals surface area contributed by atoms with Crippen LogP contribution in [-0.2, 0) is 17.4 Å². The molecular formula is C19H17F3N2O2. The molecular weight excluding hydrogens is 345 g/mol. The van der Waals surface area contributed by atoms with Gasteiger partial charge in [-0.15, -0.1) is 0 Å². The molecule has 4 nitrogen and oxygen atoms in total. The molecule has 1 aromatic carbocycles. The average Bonchev–Trinajstić information content (AvgIpc) is 3.10. The molecule has 3 rings (SSSR count). The third kappa shape index (κ3) is 4.41. The summed E-state index contributed by atoms with van der Waals surface area (Å²) in [4.78, 5) is 14.5. The van der Waals surface area contributed by atoms with E-state index < -0.39 is 17.8 Å². The highest BCUT2D eigenvalue weighted by Gasteiger charge is 2.33. The van der Waals surface area contributed by atoms with Crippen molar-refractivity contribution in [3.63, 3.8) is 0 Å². The highest BCUT2D eigenvalue weighted by molar-refractivity contribution is 5.72. The van der Waals surface area contributed by atoms with Gasteiger partial charge in [0.05, 0.1) is 12.1 Å². The summed E-state index contributed by atoms with van der Waals surface area (Å²) in [6.45, 7) is 0. The summed E-state index contributed by atoms with van der Waals surface area (Å²) in [6, 6.07) is 9.12. The lowest BCUT2D eigenvalue weighted by atomic mass is 10.1. The number of alkyl halides is 3. The molecule has 0 saturated carbocycles. The number of nitrogens with zero attached hydrogens (tertiary/aromatic N) is 1. The summed E-state index contributed by atoms with van der Waals surface area (Å²) in [5.74, 6) is -0.941. The normalized spacial score (nSPS) is 14.2. The van der Waals surface area contributed by atoms with E-state index in [4.69, 9.17) is 5.11 Å². The van der Waals surface area contributed by atoms with E-state index in [0.717, 1.165) is 30.9 Å². The molecule has 1 heterocycles. The Labute approximate surface area is 148 Å². The molecule has 1 aliphatic carbocycles. The van der Waals surface area contributed by atoms with E-state index in [1.807, 2.05) is 6.08 Å². The molecule has 2 aromatic rings. The van der Waals surface area contributed by atoms with Gasteiger partial charge >= 0.3 is 12.1 Å². The SMILES string of the molecule is O=C(O)Cc1ccc(Nc2cc(C3=CCCC3)nc(C(F)(F)F)c2)cc1. The minimum Gasteiger partial charge on any atom is -0.481 e. The fraction of sp³-hybridized carbons (Fsp3) is 0.263. The lowest BCUT2D eigenvalue weighted by molar-refractivity contribution is -0.141. The molecule has 26 heavy (non-hydrogen) atoms. The Balaban J connectivity index is 1.88. The van der Waals surface area contributed by atoms with Crippen molar-refractivity contribution in [1.29, 1.82) is 0 Å². The molecule has 7 heteroatoms. The molecule has 0 aliphatic heterocycles. The van der Waals surface area contributed by atoms with E-state index in [-0.39, 0.29) is 6.42 Å². The van der Waals surface area contributed by atoms with E-state index in [2.05, 4.69) is 10.3 Å². The van der Waals surface area contributed by atoms with Crippen LogP contribution in [0.3, 0.4) is 0 Å². The Kier molecular flexibility index (Phi) is 4.97. The van der Waals surface area contributed by atoms with Crippen molar-refractivity contribution >= 4 is 22.9 Å². The minimum absolute atomic E-state index is 0.105. The number of pyridine rings is 1. The molecule has 0 bridgehead atoms. The second-order valence-corrected chi connectivity index (χ2v) is 6.14. The summed E-state index contributed by atoms with van der Waals surface area (Å²) in [5.41, 5.74) is 1.71. The van der Waals surface area contributed by atoms with Gasteiger partial charge in [0.15, 0.2) is 0 Å². The predicted molar refractivity (Wildman–Crippen MR) is 92.1 cm³/mol. The number of anilines is 2. The molecule has 0 fully saturated rings. The van der Waals surface area contributed by atoms with Crippen molar-refractivity contribution in [2.24, 2.45) is 0 Å². The van der Waals surface area contributed by atoms with Crippen LogP contribution in [-0.4, -0.2) is 16.1 Å². The number of carboxylic acids is 1. The number of nitrogens with one attached hydrogen (secondary N) is 1. The smallest absolute Gasteiger partial charge is 0.433 e. The first kappa shape index (κ1) is 18.0. The summed E-state index contributed by atoms with van der Waals surface area (Å²) in [7, 11) is 0. The number of hydrogen-bond donors (Lipinski definition) is 2. The van der Waals surface area contributed by atoms with Crippen LogP contribution >= 0.6 is 0 Å². The molecule has 2 N–H and O–H groups in total. The molecule has 0 spiro atoms. The lowest BCUT2D eigenvalue weighted by Gasteiger charge is -2.13. The first-order chi connectivity index (χ1) is 12.3. The van der Waals surface area contributed by atoms with Crippen molar-refractivity contribution in [2.45, 2.75) is 31.9 Å². The third-order valence-electron chi connectivity index (χ3n) is 4.08. The second-order valence-electron chi connectivity index (χ2n) is 6.14. The van der Waals surface area contributed by atoms with E-state index in [1.165, 1.54) is 0 Å². The van der Waals surface area contributed by atoms with Crippen LogP contribution in [0, 0.1) is 0 Å². The third-order valence-corrected chi connectivity index (χ3v) is 4.08. The van der Waals surface area contributed by atoms with Gasteiger partial charge in [-0.3, -0.25) is 4.79 Å². The number of benzene rings is 1. The Morgan fingerprint density at radius 2 is 1.88 bits per heavy atom. The zero-order valence-electron chi connectivity index (χ0n) is 13.8. The monoisotopic (exact) mass is 362 g/mol. The molecule has 0 radical (unpaired) electrons. The Bertz CT molecular complexity index is 843. The standard InChI is InChI=1S/C19H17F3N2O2/c20-19(21,22)17-11-15(10-16(24-17)13-3-1-2-4-13)23-14-7-5-12(6-8-14)9-18(25)26/h3,5-8,10-11H,1-2,4,9H2,(H,23,24)(H,25,26). The molecule has 0 atom stereocenters. The molecule has 1 aromatic heterocycles. The highest BCUT2D eigenvalue weighted by Crippen LogP contribution is 2.34. The minimum atomic E-state index is -4.53. The van der Waals surface area contributed by atoms with Gasteiger partial charge in [-0.2, -0.15) is 13.2 Å². The van der Waals surface area contributed by atoms with E-state index >= 15 is 0 Å². The topological polar surface area (TPSA) is 62.2 Å². The quantitative estimate of drug-likeness (QED) is 0.782. The summed E-state index contributed by atoms with van der Waals surface area (Å²) < 4.78 is 39.5. The van der Waals surface area contributed by atoms with Crippen molar-refractivity contribution in [2.75, 3.05) is 5.32 Å². The van der Waals surface area contributed by atoms with Gasteiger partial charge in [0.25, 0.3) is 0 Å². The summed E-state index contributed by atoms with van der Waals surface area (Å²) in [6.07, 6.45) is -0.226. The Morgan fingerprint density at radius 1 is 1.15 bits per heavy atom. The zero-order chi connectivity index (χ0) is 18.7. The number of allylic oxidation sites excluding steroid dienone is 2. The van der Waals surface area contributed by atoms with Gasteiger partial charge in [0.2, 0.25) is 0 Å². The highest BCUT2D eigenvalue weighted by atomic mass is 19.4. The van der Waals surface area contributed by atoms with Crippen LogP contribution in [0.25, 0.3) is 5.57 Å². The van der Waals surface area contributed by atoms with Crippen molar-refractivity contribution in [3.8, 4) is 0 Å². The number of carbonyl (C=O) groups is 1. The van der Waals surface area contributed by atoms with Gasteiger partial charge in [0, 0.05) is 11.4 Å². The van der Waals surface area contributed by atoms with Crippen molar-refractivity contribution < 1.29 is 23.1 Å². The Morgan fingerprint density at radius 3 is 2.46 bits per heavy atom. The van der Waals surface area contributed by atoms with Crippen LogP contribution in [0.1, 0.15) is 36.2 Å². The molecule has 0 saturated heterocycles. The van der Waals surface area contributed by atoms with Crippen molar-refractivity contribution in [3.05, 3.63) is 59.4 Å². The van der Waals surface area contributed by atoms with E-state index in [1.54, 1.807) is 30.3 Å².